The quantitative estimate of drug-likeness (QED) is 0.690. The van der Waals surface area contributed by atoms with E-state index in [1.54, 1.807) is 6.92 Å². The van der Waals surface area contributed by atoms with E-state index >= 15 is 0 Å². The number of hydrogen-bond acceptors (Lipinski definition) is 5. The molecule has 114 valence electrons. The van der Waals surface area contributed by atoms with Crippen LogP contribution in [-0.2, 0) is 11.3 Å². The summed E-state index contributed by atoms with van der Waals surface area (Å²) in [6, 6.07) is 0. The zero-order valence-electron chi connectivity index (χ0n) is 13.2. The van der Waals surface area contributed by atoms with Crippen LogP contribution in [0.25, 0.3) is 0 Å². The Bertz CT molecular complexity index is 406. The van der Waals surface area contributed by atoms with Crippen LogP contribution in [0, 0.1) is 11.8 Å². The van der Waals surface area contributed by atoms with Crippen LogP contribution >= 0.6 is 11.3 Å². The van der Waals surface area contributed by atoms with Gasteiger partial charge in [0.25, 0.3) is 0 Å². The van der Waals surface area contributed by atoms with Crippen molar-refractivity contribution >= 4 is 17.3 Å². The topological polar surface area (TPSA) is 42.4 Å². The highest BCUT2D eigenvalue weighted by Gasteiger charge is 2.15. The summed E-state index contributed by atoms with van der Waals surface area (Å²) in [5.41, 5.74) is 0.958. The van der Waals surface area contributed by atoms with E-state index in [4.69, 9.17) is 4.74 Å². The first kappa shape index (κ1) is 17.1. The van der Waals surface area contributed by atoms with Gasteiger partial charge in [0.05, 0.1) is 12.3 Å². The highest BCUT2D eigenvalue weighted by atomic mass is 32.1. The van der Waals surface area contributed by atoms with E-state index in [-0.39, 0.29) is 5.97 Å². The molecule has 1 aromatic heterocycles. The largest absolute Gasteiger partial charge is 0.461 e. The second-order valence-electron chi connectivity index (χ2n) is 5.85. The Morgan fingerprint density at radius 2 is 1.90 bits per heavy atom. The fraction of sp³-hybridized carbons (Fsp3) is 0.733. The molecule has 0 bridgehead atoms. The summed E-state index contributed by atoms with van der Waals surface area (Å²) < 4.78 is 4.97. The summed E-state index contributed by atoms with van der Waals surface area (Å²) >= 11 is 1.37. The molecule has 0 spiro atoms. The second-order valence-corrected chi connectivity index (χ2v) is 6.70. The van der Waals surface area contributed by atoms with Gasteiger partial charge in [-0.3, -0.25) is 4.90 Å². The van der Waals surface area contributed by atoms with Crippen LogP contribution in [-0.4, -0.2) is 35.5 Å². The van der Waals surface area contributed by atoms with E-state index < -0.39 is 0 Å². The Morgan fingerprint density at radius 1 is 1.30 bits per heavy atom. The zero-order valence-corrected chi connectivity index (χ0v) is 14.0. The van der Waals surface area contributed by atoms with Crippen molar-refractivity contribution < 1.29 is 9.53 Å². The van der Waals surface area contributed by atoms with E-state index in [2.05, 4.69) is 37.6 Å². The molecule has 0 atom stereocenters. The maximum atomic E-state index is 11.6. The van der Waals surface area contributed by atoms with E-state index in [1.165, 1.54) is 11.3 Å². The van der Waals surface area contributed by atoms with Gasteiger partial charge in [-0.15, -0.1) is 11.3 Å². The smallest absolute Gasteiger partial charge is 0.367 e. The Balaban J connectivity index is 2.66. The van der Waals surface area contributed by atoms with Gasteiger partial charge in [-0.2, -0.15) is 0 Å². The van der Waals surface area contributed by atoms with Gasteiger partial charge in [-0.1, -0.05) is 27.7 Å². The molecular formula is C15H26N2O2S. The maximum absolute atomic E-state index is 11.6. The lowest BCUT2D eigenvalue weighted by molar-refractivity contribution is 0.0525. The molecule has 5 heteroatoms. The Kier molecular flexibility index (Phi) is 7.16. The summed E-state index contributed by atoms with van der Waals surface area (Å²) in [6.45, 7) is 14.0. The number of esters is 1. The molecule has 0 aliphatic carbocycles. The van der Waals surface area contributed by atoms with Crippen LogP contribution in [0.1, 0.15) is 50.1 Å². The first-order valence-electron chi connectivity index (χ1n) is 7.26. The number of ether oxygens (including phenoxy) is 1. The minimum absolute atomic E-state index is 0.317. The molecule has 0 radical (unpaired) electrons. The molecule has 0 aliphatic heterocycles. The number of nitrogens with zero attached hydrogens (tertiary/aromatic N) is 2. The summed E-state index contributed by atoms with van der Waals surface area (Å²) in [4.78, 5) is 18.4. The molecule has 4 nitrogen and oxygen atoms in total. The Morgan fingerprint density at radius 3 is 2.40 bits per heavy atom. The maximum Gasteiger partial charge on any atom is 0.367 e. The lowest BCUT2D eigenvalue weighted by Crippen LogP contribution is -2.31. The number of rotatable bonds is 8. The highest BCUT2D eigenvalue weighted by Crippen LogP contribution is 2.15. The Labute approximate surface area is 126 Å². The first-order chi connectivity index (χ1) is 9.42. The minimum Gasteiger partial charge on any atom is -0.461 e. The number of hydrogen-bond donors (Lipinski definition) is 0. The molecule has 0 fully saturated rings. The number of carbonyl (C=O) groups excluding carboxylic acids is 1. The van der Waals surface area contributed by atoms with Gasteiger partial charge in [0, 0.05) is 25.0 Å². The average molecular weight is 298 g/mol. The summed E-state index contributed by atoms with van der Waals surface area (Å²) in [7, 11) is 0. The van der Waals surface area contributed by atoms with Gasteiger partial charge >= 0.3 is 5.97 Å². The molecule has 0 amide bonds. The standard InChI is InChI=1S/C15H26N2O2S/c1-6-19-15(18)14-16-13(10-20-14)9-17(7-11(2)3)8-12(4)5/h10-12H,6-9H2,1-5H3. The molecule has 0 saturated carbocycles. The molecule has 1 rings (SSSR count). The summed E-state index contributed by atoms with van der Waals surface area (Å²) in [5, 5.41) is 2.41. The number of aromatic nitrogens is 1. The average Bonchev–Trinajstić information content (AvgIpc) is 2.76. The minimum atomic E-state index is -0.317. The zero-order chi connectivity index (χ0) is 15.1. The van der Waals surface area contributed by atoms with Crippen molar-refractivity contribution in [3.8, 4) is 0 Å². The molecule has 0 aromatic carbocycles. The molecule has 1 heterocycles. The third-order valence-corrected chi connectivity index (χ3v) is 3.51. The van der Waals surface area contributed by atoms with Crippen molar-refractivity contribution in [3.63, 3.8) is 0 Å². The fourth-order valence-corrected chi connectivity index (χ4v) is 2.83. The lowest BCUT2D eigenvalue weighted by atomic mass is 10.1. The van der Waals surface area contributed by atoms with E-state index in [0.717, 1.165) is 25.3 Å². The third-order valence-electron chi connectivity index (χ3n) is 2.63. The van der Waals surface area contributed by atoms with Crippen molar-refractivity contribution in [1.82, 2.24) is 9.88 Å². The number of carbonyl (C=O) groups is 1. The SMILES string of the molecule is CCOC(=O)c1nc(CN(CC(C)C)CC(C)C)cs1. The van der Waals surface area contributed by atoms with Gasteiger partial charge in [-0.25, -0.2) is 9.78 Å². The highest BCUT2D eigenvalue weighted by molar-refractivity contribution is 7.11. The van der Waals surface area contributed by atoms with E-state index in [1.807, 2.05) is 5.38 Å². The summed E-state index contributed by atoms with van der Waals surface area (Å²) in [6.07, 6.45) is 0. The predicted molar refractivity (Wildman–Crippen MR) is 83.0 cm³/mol. The fourth-order valence-electron chi connectivity index (χ4n) is 2.13. The monoisotopic (exact) mass is 298 g/mol. The normalized spacial score (nSPS) is 11.6. The van der Waals surface area contributed by atoms with Crippen LogP contribution in [0.2, 0.25) is 0 Å². The lowest BCUT2D eigenvalue weighted by Gasteiger charge is -2.25. The van der Waals surface area contributed by atoms with Gasteiger partial charge in [-0.05, 0) is 18.8 Å². The van der Waals surface area contributed by atoms with Gasteiger partial charge in [0.15, 0.2) is 0 Å². The first-order valence-corrected chi connectivity index (χ1v) is 8.14. The molecule has 0 N–H and O–H groups in total. The van der Waals surface area contributed by atoms with Gasteiger partial charge < -0.3 is 4.74 Å². The van der Waals surface area contributed by atoms with Crippen LogP contribution in [0.5, 0.6) is 0 Å². The van der Waals surface area contributed by atoms with Crippen LogP contribution in [0.4, 0.5) is 0 Å². The van der Waals surface area contributed by atoms with Crippen LogP contribution in [0.3, 0.4) is 0 Å². The Hall–Kier alpha value is -0.940. The second kappa shape index (κ2) is 8.37. The van der Waals surface area contributed by atoms with Crippen molar-refractivity contribution in [3.05, 3.63) is 16.1 Å². The number of thiazole rings is 1. The third kappa shape index (κ3) is 6.01. The van der Waals surface area contributed by atoms with Crippen molar-refractivity contribution in [2.45, 2.75) is 41.2 Å². The van der Waals surface area contributed by atoms with Crippen LogP contribution < -0.4 is 0 Å². The molecule has 0 aliphatic rings. The van der Waals surface area contributed by atoms with Crippen LogP contribution in [0.15, 0.2) is 5.38 Å². The van der Waals surface area contributed by atoms with E-state index in [9.17, 15) is 4.79 Å². The van der Waals surface area contributed by atoms with Crippen molar-refractivity contribution in [2.75, 3.05) is 19.7 Å². The molecule has 0 saturated heterocycles. The predicted octanol–water partition coefficient (Wildman–Crippen LogP) is 3.43. The molecule has 0 unspecified atom stereocenters. The van der Waals surface area contributed by atoms with Crippen molar-refractivity contribution in [1.29, 1.82) is 0 Å². The van der Waals surface area contributed by atoms with E-state index in [0.29, 0.717) is 23.5 Å². The molecule has 1 aromatic rings. The van der Waals surface area contributed by atoms with Gasteiger partial charge in [0.2, 0.25) is 5.01 Å². The van der Waals surface area contributed by atoms with Gasteiger partial charge in [0.1, 0.15) is 0 Å². The summed E-state index contributed by atoms with van der Waals surface area (Å²) in [5.74, 6) is 0.928. The molecule has 20 heavy (non-hydrogen) atoms. The molecular weight excluding hydrogens is 272 g/mol. The van der Waals surface area contributed by atoms with Crippen molar-refractivity contribution in [2.24, 2.45) is 11.8 Å².